The van der Waals surface area contributed by atoms with Crippen molar-refractivity contribution >= 4 is 22.5 Å². The van der Waals surface area contributed by atoms with Gasteiger partial charge in [-0.25, -0.2) is 22.7 Å². The summed E-state index contributed by atoms with van der Waals surface area (Å²) in [7, 11) is 1.43. The second-order valence-electron chi connectivity index (χ2n) is 8.34. The van der Waals surface area contributed by atoms with E-state index in [-0.39, 0.29) is 31.3 Å². The van der Waals surface area contributed by atoms with Gasteiger partial charge in [-0.3, -0.25) is 0 Å². The van der Waals surface area contributed by atoms with Crippen molar-refractivity contribution in [3.05, 3.63) is 36.3 Å². The number of methoxy groups -OCH3 is 1. The molecule has 34 heavy (non-hydrogen) atoms. The number of ether oxygens (including phenoxy) is 1. The maximum Gasteiger partial charge on any atom is 0.280 e. The highest BCUT2D eigenvalue weighted by Gasteiger charge is 2.44. The molecule has 0 amide bonds. The maximum absolute atomic E-state index is 14.8. The summed E-state index contributed by atoms with van der Waals surface area (Å²) in [6.45, 7) is -1.99. The first kappa shape index (κ1) is 19.0. The van der Waals surface area contributed by atoms with Gasteiger partial charge in [0.05, 0.1) is 37.3 Å². The largest absolute Gasteiger partial charge is 0.479 e. The zero-order valence-electron chi connectivity index (χ0n) is 21.7. The lowest BCUT2D eigenvalue weighted by Crippen LogP contribution is -2.53. The Balaban J connectivity index is 1.48. The van der Waals surface area contributed by atoms with Crippen LogP contribution in [0.5, 0.6) is 5.88 Å². The highest BCUT2D eigenvalue weighted by Crippen LogP contribution is 2.34. The van der Waals surface area contributed by atoms with E-state index in [0.29, 0.717) is 11.3 Å². The van der Waals surface area contributed by atoms with E-state index >= 15 is 0 Å². The molecule has 0 saturated carbocycles. The highest BCUT2D eigenvalue weighted by atomic mass is 19.3. The molecule has 1 N–H and O–H groups in total. The summed E-state index contributed by atoms with van der Waals surface area (Å²) in [6, 6.07) is 6.11. The fourth-order valence-electron chi connectivity index (χ4n) is 4.48. The molecule has 3 aromatic heterocycles. The summed E-state index contributed by atoms with van der Waals surface area (Å²) in [5, 5.41) is 7.04. The number of likely N-dealkylation sites (tertiary alicyclic amines) is 1. The van der Waals surface area contributed by atoms with E-state index in [0.717, 1.165) is 27.1 Å². The Hall–Kier alpha value is -3.34. The minimum Gasteiger partial charge on any atom is -0.479 e. The van der Waals surface area contributed by atoms with Crippen LogP contribution in [0.25, 0.3) is 27.7 Å². The smallest absolute Gasteiger partial charge is 0.280 e. The normalized spacial score (nSPS) is 20.3. The third-order valence-corrected chi connectivity index (χ3v) is 6.13. The van der Waals surface area contributed by atoms with Gasteiger partial charge in [0, 0.05) is 22.4 Å². The lowest BCUT2D eigenvalue weighted by Gasteiger charge is -2.36. The van der Waals surface area contributed by atoms with E-state index in [9.17, 15) is 13.2 Å². The number of hydrogen-bond donors (Lipinski definition) is 1. The first-order valence-electron chi connectivity index (χ1n) is 12.4. The van der Waals surface area contributed by atoms with E-state index in [1.54, 1.807) is 6.20 Å². The Kier molecular flexibility index (Phi) is 4.73. The van der Waals surface area contributed by atoms with Crippen molar-refractivity contribution < 1.29 is 22.0 Å². The first-order valence-corrected chi connectivity index (χ1v) is 10.9. The number of nitrogens with one attached hydrogen (secondary N) is 1. The average Bonchev–Trinajstić information content (AvgIpc) is 3.39. The van der Waals surface area contributed by atoms with E-state index in [2.05, 4.69) is 20.4 Å². The topological polar surface area (TPSA) is 72.5 Å². The molecule has 1 aliphatic rings. The van der Waals surface area contributed by atoms with Crippen molar-refractivity contribution in [3.63, 3.8) is 0 Å². The van der Waals surface area contributed by atoms with Crippen molar-refractivity contribution in [2.45, 2.75) is 31.9 Å². The summed E-state index contributed by atoms with van der Waals surface area (Å²) < 4.78 is 73.8. The third kappa shape index (κ3) is 3.83. The van der Waals surface area contributed by atoms with Crippen molar-refractivity contribution in [3.8, 4) is 17.0 Å². The fraction of sp³-hybridized carbons (Fsp3) is 0.435. The molecule has 1 aliphatic heterocycles. The van der Waals surface area contributed by atoms with Gasteiger partial charge in [0.2, 0.25) is 11.8 Å². The van der Waals surface area contributed by atoms with Gasteiger partial charge in [-0.05, 0) is 44.1 Å². The number of rotatable bonds is 6. The Bertz CT molecular complexity index is 1450. The van der Waals surface area contributed by atoms with Gasteiger partial charge < -0.3 is 19.5 Å². The van der Waals surface area contributed by atoms with Gasteiger partial charge in [-0.15, -0.1) is 5.10 Å². The Morgan fingerprint density at radius 3 is 2.88 bits per heavy atom. The SMILES string of the molecule is [2H]C([2H])([2H])N1CCC(Nc2nc(OC)c3c(-c4ccc5nc(C)n(CCF)c5c4)ccn3n2)C(F)(F)C1. The molecule has 5 rings (SSSR count). The lowest BCUT2D eigenvalue weighted by atomic mass is 10.0. The first-order chi connectivity index (χ1) is 17.5. The molecule has 4 heterocycles. The monoisotopic (exact) mass is 476 g/mol. The van der Waals surface area contributed by atoms with Crippen LogP contribution < -0.4 is 10.1 Å². The van der Waals surface area contributed by atoms with Crippen LogP contribution in [0.2, 0.25) is 0 Å². The minimum absolute atomic E-state index is 0.0161. The number of fused-ring (bicyclic) bond motifs is 2. The lowest BCUT2D eigenvalue weighted by molar-refractivity contribution is -0.0675. The van der Waals surface area contributed by atoms with E-state index in [1.165, 1.54) is 11.6 Å². The number of piperidine rings is 1. The van der Waals surface area contributed by atoms with Crippen LogP contribution in [0.3, 0.4) is 0 Å². The van der Waals surface area contributed by atoms with Crippen molar-refractivity contribution in [1.82, 2.24) is 29.0 Å². The second-order valence-corrected chi connectivity index (χ2v) is 8.34. The molecule has 0 bridgehead atoms. The predicted molar refractivity (Wildman–Crippen MR) is 123 cm³/mol. The number of aromatic nitrogens is 5. The molecule has 1 saturated heterocycles. The summed E-state index contributed by atoms with van der Waals surface area (Å²) >= 11 is 0. The molecule has 1 atom stereocenters. The number of halogens is 3. The van der Waals surface area contributed by atoms with Crippen molar-refractivity contribution in [2.24, 2.45) is 0 Å². The molecule has 0 aliphatic carbocycles. The van der Waals surface area contributed by atoms with Crippen LogP contribution in [-0.4, -0.2) is 74.9 Å². The molecule has 1 fully saturated rings. The van der Waals surface area contributed by atoms with Gasteiger partial charge in [0.1, 0.15) is 18.0 Å². The van der Waals surface area contributed by atoms with Crippen LogP contribution in [0, 0.1) is 6.92 Å². The zero-order valence-corrected chi connectivity index (χ0v) is 18.7. The third-order valence-electron chi connectivity index (χ3n) is 6.13. The van der Waals surface area contributed by atoms with Gasteiger partial charge in [0.15, 0.2) is 0 Å². The molecule has 1 unspecified atom stereocenters. The number of benzene rings is 1. The second kappa shape index (κ2) is 8.46. The van der Waals surface area contributed by atoms with Crippen molar-refractivity contribution in [2.75, 3.05) is 39.2 Å². The van der Waals surface area contributed by atoms with Crippen LogP contribution >= 0.6 is 0 Å². The molecular formula is C23H26F3N7O. The molecule has 11 heteroatoms. The van der Waals surface area contributed by atoms with Gasteiger partial charge in [0.25, 0.3) is 5.92 Å². The number of anilines is 1. The van der Waals surface area contributed by atoms with E-state index < -0.39 is 32.2 Å². The van der Waals surface area contributed by atoms with Crippen LogP contribution in [0.4, 0.5) is 19.1 Å². The van der Waals surface area contributed by atoms with Crippen LogP contribution in [0.1, 0.15) is 16.4 Å². The van der Waals surface area contributed by atoms with Gasteiger partial charge in [-0.2, -0.15) is 4.98 Å². The number of aryl methyl sites for hydroxylation is 2. The molecule has 0 spiro atoms. The maximum atomic E-state index is 14.8. The number of alkyl halides is 3. The molecule has 8 nitrogen and oxygen atoms in total. The van der Waals surface area contributed by atoms with Gasteiger partial charge >= 0.3 is 0 Å². The van der Waals surface area contributed by atoms with Crippen LogP contribution in [-0.2, 0) is 6.54 Å². The summed E-state index contributed by atoms with van der Waals surface area (Å²) in [4.78, 5) is 9.61. The number of hydrogen-bond acceptors (Lipinski definition) is 6. The number of nitrogens with zero attached hydrogens (tertiary/aromatic N) is 6. The zero-order chi connectivity index (χ0) is 26.5. The molecular weight excluding hydrogens is 447 g/mol. The average molecular weight is 477 g/mol. The van der Waals surface area contributed by atoms with E-state index in [1.807, 2.05) is 35.8 Å². The summed E-state index contributed by atoms with van der Waals surface area (Å²) in [5.74, 6) is -2.49. The number of imidazole rings is 1. The minimum atomic E-state index is -3.31. The quantitative estimate of drug-likeness (QED) is 0.457. The summed E-state index contributed by atoms with van der Waals surface area (Å²) in [6.07, 6.45) is 1.57. The van der Waals surface area contributed by atoms with Gasteiger partial charge in [-0.1, -0.05) is 6.07 Å². The highest BCUT2D eigenvalue weighted by molar-refractivity contribution is 5.89. The standard InChI is InChI=1S/C23H26F3N7O/c1-14-27-17-5-4-15(12-18(17)32(14)11-8-24)16-6-10-33-20(16)21(34-3)29-22(30-33)28-19-7-9-31(2)13-23(19,25)26/h4-6,10,12,19H,7-9,11,13H2,1-3H3,(H,28,30)/i2D3. The Morgan fingerprint density at radius 1 is 1.29 bits per heavy atom. The predicted octanol–water partition coefficient (Wildman–Crippen LogP) is 3.78. The Labute approximate surface area is 198 Å². The van der Waals surface area contributed by atoms with Crippen LogP contribution in [0.15, 0.2) is 30.5 Å². The van der Waals surface area contributed by atoms with Crippen molar-refractivity contribution in [1.29, 1.82) is 0 Å². The fourth-order valence-corrected chi connectivity index (χ4v) is 4.48. The Morgan fingerprint density at radius 2 is 2.15 bits per heavy atom. The molecule has 180 valence electrons. The molecule has 0 radical (unpaired) electrons. The molecule has 1 aromatic carbocycles. The van der Waals surface area contributed by atoms with E-state index in [4.69, 9.17) is 8.85 Å². The molecule has 4 aromatic rings. The summed E-state index contributed by atoms with van der Waals surface area (Å²) in [5.41, 5.74) is 3.62.